The van der Waals surface area contributed by atoms with Gasteiger partial charge in [-0.3, -0.25) is 9.59 Å². The molecule has 6 heteroatoms. The van der Waals surface area contributed by atoms with Crippen molar-refractivity contribution in [1.82, 2.24) is 10.3 Å². The molecule has 5 rings (SSSR count). The Labute approximate surface area is 203 Å². The summed E-state index contributed by atoms with van der Waals surface area (Å²) in [6, 6.07) is 22.9. The average Bonchev–Trinajstić information content (AvgIpc) is 3.72. The third kappa shape index (κ3) is 4.78. The van der Waals surface area contributed by atoms with Crippen LogP contribution in [0.2, 0.25) is 0 Å². The molecule has 0 unspecified atom stereocenters. The minimum atomic E-state index is -0.461. The largest absolute Gasteiger partial charge is 0.469 e. The van der Waals surface area contributed by atoms with Gasteiger partial charge in [-0.2, -0.15) is 0 Å². The van der Waals surface area contributed by atoms with Crippen molar-refractivity contribution in [3.63, 3.8) is 0 Å². The third-order valence-electron chi connectivity index (χ3n) is 6.40. The number of ether oxygens (including phenoxy) is 1. The topological polar surface area (TPSA) is 68.3 Å². The molecular weight excluding hydrogens is 443 g/mol. The average molecular weight is 469 g/mol. The fourth-order valence-corrected chi connectivity index (χ4v) is 4.55. The van der Waals surface area contributed by atoms with Crippen molar-refractivity contribution < 1.29 is 18.7 Å². The minimum absolute atomic E-state index is 0.102. The van der Waals surface area contributed by atoms with Crippen LogP contribution in [0.5, 0.6) is 0 Å². The maximum atomic E-state index is 14.0. The van der Waals surface area contributed by atoms with Gasteiger partial charge in [0.2, 0.25) is 0 Å². The van der Waals surface area contributed by atoms with E-state index in [-0.39, 0.29) is 30.1 Å². The molecule has 0 spiro atoms. The van der Waals surface area contributed by atoms with Gasteiger partial charge in [-0.05, 0) is 42.5 Å². The SMILES string of the molecule is COC(=O)Cc1c(-c2ccccc2)nc2ccccc2c1C(=O)N[C@H](c1cccc(F)c1)C1CC1. The van der Waals surface area contributed by atoms with Crippen molar-refractivity contribution in [2.75, 3.05) is 7.11 Å². The van der Waals surface area contributed by atoms with Crippen LogP contribution in [0.1, 0.15) is 40.4 Å². The highest BCUT2D eigenvalue weighted by molar-refractivity contribution is 6.10. The first-order chi connectivity index (χ1) is 17.0. The predicted octanol–water partition coefficient (Wildman–Crippen LogP) is 5.64. The molecule has 0 saturated heterocycles. The number of amides is 1. The van der Waals surface area contributed by atoms with E-state index in [0.717, 1.165) is 24.0 Å². The van der Waals surface area contributed by atoms with Crippen molar-refractivity contribution in [2.24, 2.45) is 5.92 Å². The zero-order chi connectivity index (χ0) is 24.4. The lowest BCUT2D eigenvalue weighted by Gasteiger charge is -2.22. The molecular formula is C29H25FN2O3. The van der Waals surface area contributed by atoms with Crippen LogP contribution in [0.25, 0.3) is 22.2 Å². The van der Waals surface area contributed by atoms with Gasteiger partial charge in [0.25, 0.3) is 5.91 Å². The summed E-state index contributed by atoms with van der Waals surface area (Å²) in [5, 5.41) is 3.81. The van der Waals surface area contributed by atoms with E-state index in [0.29, 0.717) is 27.7 Å². The number of hydrogen-bond acceptors (Lipinski definition) is 4. The second-order valence-corrected chi connectivity index (χ2v) is 8.79. The molecule has 1 amide bonds. The number of methoxy groups -OCH3 is 1. The van der Waals surface area contributed by atoms with E-state index in [1.165, 1.54) is 19.2 Å². The Bertz CT molecular complexity index is 1400. The summed E-state index contributed by atoms with van der Waals surface area (Å²) in [5.41, 5.74) is 3.65. The van der Waals surface area contributed by atoms with Crippen molar-refractivity contribution in [2.45, 2.75) is 25.3 Å². The quantitative estimate of drug-likeness (QED) is 0.357. The summed E-state index contributed by atoms with van der Waals surface area (Å²) < 4.78 is 19.0. The van der Waals surface area contributed by atoms with Gasteiger partial charge in [0.05, 0.1) is 36.3 Å². The zero-order valence-electron chi connectivity index (χ0n) is 19.3. The number of nitrogens with zero attached hydrogens (tertiary/aromatic N) is 1. The van der Waals surface area contributed by atoms with Crippen LogP contribution >= 0.6 is 0 Å². The summed E-state index contributed by atoms with van der Waals surface area (Å²) in [4.78, 5) is 31.2. The number of para-hydroxylation sites is 1. The first-order valence-electron chi connectivity index (χ1n) is 11.7. The number of carbonyl (C=O) groups is 2. The number of carbonyl (C=O) groups excluding carboxylic acids is 2. The van der Waals surface area contributed by atoms with Crippen LogP contribution in [0, 0.1) is 11.7 Å². The van der Waals surface area contributed by atoms with Gasteiger partial charge in [0.1, 0.15) is 5.82 Å². The number of fused-ring (bicyclic) bond motifs is 1. The van der Waals surface area contributed by atoms with Crippen LogP contribution in [0.3, 0.4) is 0 Å². The van der Waals surface area contributed by atoms with Gasteiger partial charge in [0.15, 0.2) is 0 Å². The standard InChI is InChI=1S/C29H25FN2O3/c1-35-25(33)17-23-26(29(34)32-27(19-14-15-19)20-10-7-11-21(30)16-20)22-12-5-6-13-24(22)31-28(23)18-8-3-2-4-9-18/h2-13,16,19,27H,14-15,17H2,1H3,(H,32,34)/t27-/m0/s1. The normalized spacial score (nSPS) is 13.9. The first kappa shape index (κ1) is 22.7. The number of benzene rings is 3. The lowest BCUT2D eigenvalue weighted by molar-refractivity contribution is -0.139. The summed E-state index contributed by atoms with van der Waals surface area (Å²) in [7, 11) is 1.33. The molecule has 3 aromatic carbocycles. The zero-order valence-corrected chi connectivity index (χ0v) is 19.3. The molecule has 1 heterocycles. The Morgan fingerprint density at radius 2 is 1.77 bits per heavy atom. The summed E-state index contributed by atoms with van der Waals surface area (Å²) >= 11 is 0. The Morgan fingerprint density at radius 3 is 2.49 bits per heavy atom. The Kier molecular flexibility index (Phi) is 6.27. The highest BCUT2D eigenvalue weighted by Gasteiger charge is 2.35. The molecule has 0 radical (unpaired) electrons. The molecule has 5 nitrogen and oxygen atoms in total. The monoisotopic (exact) mass is 468 g/mol. The van der Waals surface area contributed by atoms with Crippen LogP contribution in [0.15, 0.2) is 78.9 Å². The van der Waals surface area contributed by atoms with E-state index in [2.05, 4.69) is 5.32 Å². The number of aromatic nitrogens is 1. The molecule has 0 bridgehead atoms. The fourth-order valence-electron chi connectivity index (χ4n) is 4.55. The molecule has 0 aliphatic heterocycles. The fraction of sp³-hybridized carbons (Fsp3) is 0.207. The van der Waals surface area contributed by atoms with E-state index in [4.69, 9.17) is 9.72 Å². The van der Waals surface area contributed by atoms with Crippen LogP contribution in [-0.2, 0) is 16.0 Å². The van der Waals surface area contributed by atoms with Gasteiger partial charge in [-0.25, -0.2) is 9.37 Å². The number of halogens is 1. The van der Waals surface area contributed by atoms with Crippen molar-refractivity contribution in [3.8, 4) is 11.3 Å². The van der Waals surface area contributed by atoms with Gasteiger partial charge >= 0.3 is 5.97 Å². The highest BCUT2D eigenvalue weighted by atomic mass is 19.1. The molecule has 1 aliphatic carbocycles. The third-order valence-corrected chi connectivity index (χ3v) is 6.40. The maximum Gasteiger partial charge on any atom is 0.310 e. The molecule has 1 fully saturated rings. The van der Waals surface area contributed by atoms with Gasteiger partial charge in [-0.15, -0.1) is 0 Å². The highest BCUT2D eigenvalue weighted by Crippen LogP contribution is 2.41. The minimum Gasteiger partial charge on any atom is -0.469 e. The molecule has 176 valence electrons. The first-order valence-corrected chi connectivity index (χ1v) is 11.7. The van der Waals surface area contributed by atoms with Gasteiger partial charge in [0, 0.05) is 16.5 Å². The number of esters is 1. The molecule has 1 aromatic heterocycles. The number of rotatable bonds is 7. The summed E-state index contributed by atoms with van der Waals surface area (Å²) in [6.45, 7) is 0. The van der Waals surface area contributed by atoms with Crippen LogP contribution < -0.4 is 5.32 Å². The predicted molar refractivity (Wildman–Crippen MR) is 132 cm³/mol. The van der Waals surface area contributed by atoms with Crippen molar-refractivity contribution >= 4 is 22.8 Å². The number of pyridine rings is 1. The Morgan fingerprint density at radius 1 is 1.03 bits per heavy atom. The Hall–Kier alpha value is -4.06. The second kappa shape index (κ2) is 9.66. The number of nitrogens with one attached hydrogen (secondary N) is 1. The summed E-state index contributed by atoms with van der Waals surface area (Å²) in [5.74, 6) is -0.876. The second-order valence-electron chi connectivity index (χ2n) is 8.79. The summed E-state index contributed by atoms with van der Waals surface area (Å²) in [6.07, 6.45) is 1.82. The number of hydrogen-bond donors (Lipinski definition) is 1. The van der Waals surface area contributed by atoms with E-state index < -0.39 is 5.97 Å². The molecule has 1 atom stereocenters. The lowest BCUT2D eigenvalue weighted by atomic mass is 9.93. The van der Waals surface area contributed by atoms with E-state index in [1.54, 1.807) is 6.07 Å². The van der Waals surface area contributed by atoms with E-state index in [9.17, 15) is 14.0 Å². The smallest absolute Gasteiger partial charge is 0.310 e. The maximum absolute atomic E-state index is 14.0. The van der Waals surface area contributed by atoms with Gasteiger partial charge < -0.3 is 10.1 Å². The van der Waals surface area contributed by atoms with Crippen molar-refractivity contribution in [1.29, 1.82) is 0 Å². The Balaban J connectivity index is 1.67. The molecule has 4 aromatic rings. The molecule has 1 aliphatic rings. The van der Waals surface area contributed by atoms with Crippen LogP contribution in [-0.4, -0.2) is 24.0 Å². The molecule has 35 heavy (non-hydrogen) atoms. The van der Waals surface area contributed by atoms with Crippen LogP contribution in [0.4, 0.5) is 4.39 Å². The van der Waals surface area contributed by atoms with Gasteiger partial charge in [-0.1, -0.05) is 60.7 Å². The lowest BCUT2D eigenvalue weighted by Crippen LogP contribution is -2.31. The van der Waals surface area contributed by atoms with E-state index >= 15 is 0 Å². The van der Waals surface area contributed by atoms with Crippen molar-refractivity contribution in [3.05, 3.63) is 101 Å². The molecule has 1 saturated carbocycles. The molecule has 1 N–H and O–H groups in total. The van der Waals surface area contributed by atoms with E-state index in [1.807, 2.05) is 60.7 Å².